The number of likely N-dealkylation sites (tertiary alicyclic amines) is 1. The Morgan fingerprint density at radius 1 is 1.32 bits per heavy atom. The summed E-state index contributed by atoms with van der Waals surface area (Å²) < 4.78 is 2.10. The first-order chi connectivity index (χ1) is 13.5. The highest BCUT2D eigenvalue weighted by molar-refractivity contribution is 5.78. The smallest absolute Gasteiger partial charge is 0.224 e. The molecule has 1 amide bonds. The molecule has 1 aliphatic rings. The first-order valence-electron chi connectivity index (χ1n) is 10.3. The molecule has 4 rings (SSSR count). The number of aromatic amines is 1. The second-order valence-electron chi connectivity index (χ2n) is 8.12. The van der Waals surface area contributed by atoms with E-state index in [0.29, 0.717) is 18.9 Å². The number of fused-ring (bicyclic) bond motifs is 1. The maximum atomic E-state index is 13.1. The third-order valence-electron chi connectivity index (χ3n) is 5.63. The van der Waals surface area contributed by atoms with E-state index >= 15 is 0 Å². The van der Waals surface area contributed by atoms with Crippen molar-refractivity contribution in [2.75, 3.05) is 6.54 Å². The highest BCUT2D eigenvalue weighted by Gasteiger charge is 2.30. The quantitative estimate of drug-likeness (QED) is 0.717. The van der Waals surface area contributed by atoms with Crippen molar-refractivity contribution in [3.8, 4) is 0 Å². The Balaban J connectivity index is 1.51. The molecule has 1 aromatic carbocycles. The summed E-state index contributed by atoms with van der Waals surface area (Å²) in [6, 6.07) is 6.29. The van der Waals surface area contributed by atoms with E-state index in [1.165, 1.54) is 5.56 Å². The lowest BCUT2D eigenvalue weighted by Gasteiger charge is -2.34. The predicted octanol–water partition coefficient (Wildman–Crippen LogP) is 4.34. The minimum Gasteiger partial charge on any atom is -0.340 e. The van der Waals surface area contributed by atoms with E-state index in [4.69, 9.17) is 4.98 Å². The van der Waals surface area contributed by atoms with Crippen molar-refractivity contribution < 1.29 is 4.79 Å². The van der Waals surface area contributed by atoms with Crippen LogP contribution in [0.4, 0.5) is 0 Å². The highest BCUT2D eigenvalue weighted by Crippen LogP contribution is 2.31. The number of nitrogens with one attached hydrogen (secondary N) is 1. The summed E-state index contributed by atoms with van der Waals surface area (Å²) in [4.78, 5) is 27.8. The van der Waals surface area contributed by atoms with Gasteiger partial charge < -0.3 is 14.5 Å². The standard InChI is InChI=1S/C22H29N5O/c1-15(2)22-23-10-13-26(22)12-9-20(28)27-11-5-4-6-19(27)21-24-17-8-7-16(3)14-18(17)25-21/h7-8,10,13-15,19H,4-6,9,11-12H2,1-3H3,(H,24,25). The summed E-state index contributed by atoms with van der Waals surface area (Å²) in [5.41, 5.74) is 3.23. The monoisotopic (exact) mass is 379 g/mol. The molecule has 1 fully saturated rings. The molecule has 1 saturated heterocycles. The summed E-state index contributed by atoms with van der Waals surface area (Å²) in [6.07, 6.45) is 7.43. The average Bonchev–Trinajstić information content (AvgIpc) is 3.32. The van der Waals surface area contributed by atoms with E-state index in [-0.39, 0.29) is 11.9 Å². The maximum absolute atomic E-state index is 13.1. The molecule has 0 saturated carbocycles. The van der Waals surface area contributed by atoms with Gasteiger partial charge >= 0.3 is 0 Å². The number of imidazole rings is 2. The van der Waals surface area contributed by atoms with E-state index in [1.54, 1.807) is 0 Å². The lowest BCUT2D eigenvalue weighted by atomic mass is 10.0. The molecule has 0 spiro atoms. The Labute approximate surface area is 166 Å². The normalized spacial score (nSPS) is 17.6. The van der Waals surface area contributed by atoms with Gasteiger partial charge in [-0.15, -0.1) is 0 Å². The molecular formula is C22H29N5O. The van der Waals surface area contributed by atoms with Crippen LogP contribution in [0.15, 0.2) is 30.6 Å². The van der Waals surface area contributed by atoms with Crippen LogP contribution in [0.5, 0.6) is 0 Å². The van der Waals surface area contributed by atoms with Crippen molar-refractivity contribution in [3.63, 3.8) is 0 Å². The van der Waals surface area contributed by atoms with Gasteiger partial charge in [-0.25, -0.2) is 9.97 Å². The molecule has 148 valence electrons. The van der Waals surface area contributed by atoms with Crippen molar-refractivity contribution >= 4 is 16.9 Å². The Bertz CT molecular complexity index is 970. The minimum absolute atomic E-state index is 0.0429. The summed E-state index contributed by atoms with van der Waals surface area (Å²) >= 11 is 0. The second kappa shape index (κ2) is 7.78. The molecule has 3 aromatic rings. The molecule has 28 heavy (non-hydrogen) atoms. The number of amides is 1. The fourth-order valence-corrected chi connectivity index (χ4v) is 4.19. The number of hydrogen-bond acceptors (Lipinski definition) is 3. The van der Waals surface area contributed by atoms with Gasteiger partial charge in [0.15, 0.2) is 0 Å². The van der Waals surface area contributed by atoms with Gasteiger partial charge in [-0.2, -0.15) is 0 Å². The van der Waals surface area contributed by atoms with Crippen molar-refractivity contribution in [1.29, 1.82) is 0 Å². The van der Waals surface area contributed by atoms with E-state index in [9.17, 15) is 4.79 Å². The number of rotatable bonds is 5. The zero-order valence-electron chi connectivity index (χ0n) is 17.0. The lowest BCUT2D eigenvalue weighted by Crippen LogP contribution is -2.39. The van der Waals surface area contributed by atoms with Crippen molar-refractivity contribution in [3.05, 3.63) is 47.8 Å². The summed E-state index contributed by atoms with van der Waals surface area (Å²) in [5.74, 6) is 2.51. The van der Waals surface area contributed by atoms with Crippen LogP contribution in [0.2, 0.25) is 0 Å². The Kier molecular flexibility index (Phi) is 5.20. The highest BCUT2D eigenvalue weighted by atomic mass is 16.2. The Morgan fingerprint density at radius 2 is 2.18 bits per heavy atom. The molecule has 1 aliphatic heterocycles. The van der Waals surface area contributed by atoms with Gasteiger partial charge in [-0.3, -0.25) is 4.79 Å². The van der Waals surface area contributed by atoms with Gasteiger partial charge in [-0.05, 0) is 43.9 Å². The van der Waals surface area contributed by atoms with Crippen molar-refractivity contribution in [2.24, 2.45) is 0 Å². The van der Waals surface area contributed by atoms with Gasteiger partial charge in [0.1, 0.15) is 11.6 Å². The number of H-pyrrole nitrogens is 1. The van der Waals surface area contributed by atoms with E-state index in [0.717, 1.165) is 48.5 Å². The van der Waals surface area contributed by atoms with Crippen LogP contribution >= 0.6 is 0 Å². The number of aromatic nitrogens is 4. The van der Waals surface area contributed by atoms with Gasteiger partial charge in [0.2, 0.25) is 5.91 Å². The number of aryl methyl sites for hydroxylation is 2. The Hall–Kier alpha value is -2.63. The molecular weight excluding hydrogens is 350 g/mol. The van der Waals surface area contributed by atoms with Crippen LogP contribution in [0.1, 0.15) is 68.7 Å². The van der Waals surface area contributed by atoms with Gasteiger partial charge in [0.05, 0.1) is 17.1 Å². The third kappa shape index (κ3) is 3.68. The van der Waals surface area contributed by atoms with Crippen LogP contribution in [-0.4, -0.2) is 36.9 Å². The average molecular weight is 380 g/mol. The van der Waals surface area contributed by atoms with E-state index in [1.807, 2.05) is 23.4 Å². The predicted molar refractivity (Wildman–Crippen MR) is 110 cm³/mol. The molecule has 6 heteroatoms. The summed E-state index contributed by atoms with van der Waals surface area (Å²) in [5, 5.41) is 0. The number of hydrogen-bond donors (Lipinski definition) is 1. The van der Waals surface area contributed by atoms with Crippen molar-refractivity contribution in [2.45, 2.75) is 65.0 Å². The molecule has 0 aliphatic carbocycles. The third-order valence-corrected chi connectivity index (χ3v) is 5.63. The van der Waals surface area contributed by atoms with Crippen LogP contribution in [0, 0.1) is 6.92 Å². The van der Waals surface area contributed by atoms with E-state index in [2.05, 4.69) is 47.4 Å². The first-order valence-corrected chi connectivity index (χ1v) is 10.3. The number of benzene rings is 1. The molecule has 6 nitrogen and oxygen atoms in total. The maximum Gasteiger partial charge on any atom is 0.224 e. The van der Waals surface area contributed by atoms with Crippen LogP contribution in [-0.2, 0) is 11.3 Å². The van der Waals surface area contributed by atoms with Gasteiger partial charge in [0, 0.05) is 37.8 Å². The fourth-order valence-electron chi connectivity index (χ4n) is 4.19. The van der Waals surface area contributed by atoms with Gasteiger partial charge in [0.25, 0.3) is 0 Å². The van der Waals surface area contributed by atoms with Crippen molar-refractivity contribution in [1.82, 2.24) is 24.4 Å². The molecule has 1 atom stereocenters. The molecule has 0 radical (unpaired) electrons. The topological polar surface area (TPSA) is 66.8 Å². The van der Waals surface area contributed by atoms with Crippen LogP contribution in [0.25, 0.3) is 11.0 Å². The minimum atomic E-state index is 0.0429. The first kappa shape index (κ1) is 18.7. The Morgan fingerprint density at radius 3 is 3.00 bits per heavy atom. The lowest BCUT2D eigenvalue weighted by molar-refractivity contribution is -0.135. The zero-order valence-corrected chi connectivity index (χ0v) is 17.0. The SMILES string of the molecule is Cc1ccc2nc(C3CCCCN3C(=O)CCn3ccnc3C(C)C)[nH]c2c1. The van der Waals surface area contributed by atoms with Gasteiger partial charge in [-0.1, -0.05) is 19.9 Å². The molecule has 2 aromatic heterocycles. The summed E-state index contributed by atoms with van der Waals surface area (Å²) in [6.45, 7) is 7.82. The van der Waals surface area contributed by atoms with Crippen LogP contribution in [0.3, 0.4) is 0 Å². The largest absolute Gasteiger partial charge is 0.340 e. The zero-order chi connectivity index (χ0) is 19.7. The van der Waals surface area contributed by atoms with Crippen LogP contribution < -0.4 is 0 Å². The molecule has 1 N–H and O–H groups in total. The molecule has 1 unspecified atom stereocenters. The number of carbonyl (C=O) groups is 1. The number of carbonyl (C=O) groups excluding carboxylic acids is 1. The number of piperidine rings is 1. The molecule has 3 heterocycles. The summed E-state index contributed by atoms with van der Waals surface area (Å²) in [7, 11) is 0. The number of nitrogens with zero attached hydrogens (tertiary/aromatic N) is 4. The fraction of sp³-hybridized carbons (Fsp3) is 0.500. The molecule has 0 bridgehead atoms. The van der Waals surface area contributed by atoms with E-state index < -0.39 is 0 Å². The second-order valence-corrected chi connectivity index (χ2v) is 8.12.